The van der Waals surface area contributed by atoms with Crippen LogP contribution in [0.15, 0.2) is 18.2 Å². The van der Waals surface area contributed by atoms with Crippen molar-refractivity contribution in [3.05, 3.63) is 34.6 Å². The molecule has 1 saturated carbocycles. The van der Waals surface area contributed by atoms with E-state index in [-0.39, 0.29) is 16.9 Å². The minimum atomic E-state index is -0.224. The molecule has 0 radical (unpaired) electrons. The number of halogens is 2. The summed E-state index contributed by atoms with van der Waals surface area (Å²) in [5.41, 5.74) is 0.788. The number of benzene rings is 1. The normalized spacial score (nSPS) is 27.6. The molecule has 2 unspecified atom stereocenters. The Kier molecular flexibility index (Phi) is 4.82. The molecule has 0 bridgehead atoms. The Labute approximate surface area is 131 Å². The quantitative estimate of drug-likeness (QED) is 0.904. The fraction of sp³-hybridized carbons (Fsp3) is 0.647. The van der Waals surface area contributed by atoms with Crippen LogP contribution in [-0.4, -0.2) is 31.1 Å². The third-order valence-corrected chi connectivity index (χ3v) is 5.12. The molecule has 116 valence electrons. The van der Waals surface area contributed by atoms with Crippen LogP contribution in [0, 0.1) is 11.7 Å². The van der Waals surface area contributed by atoms with E-state index in [4.69, 9.17) is 11.6 Å². The van der Waals surface area contributed by atoms with Gasteiger partial charge in [0.2, 0.25) is 0 Å². The van der Waals surface area contributed by atoms with Gasteiger partial charge < -0.3 is 5.32 Å². The van der Waals surface area contributed by atoms with Gasteiger partial charge in [0.05, 0.1) is 5.02 Å². The first kappa shape index (κ1) is 15.3. The van der Waals surface area contributed by atoms with Crippen molar-refractivity contribution in [1.29, 1.82) is 0 Å². The summed E-state index contributed by atoms with van der Waals surface area (Å²) >= 11 is 6.03. The van der Waals surface area contributed by atoms with Crippen LogP contribution in [0.3, 0.4) is 0 Å². The van der Waals surface area contributed by atoms with E-state index < -0.39 is 0 Å². The highest BCUT2D eigenvalue weighted by Crippen LogP contribution is 2.43. The largest absolute Gasteiger partial charge is 0.319 e. The summed E-state index contributed by atoms with van der Waals surface area (Å²) < 4.78 is 14.6. The van der Waals surface area contributed by atoms with Crippen molar-refractivity contribution in [3.8, 4) is 0 Å². The summed E-state index contributed by atoms with van der Waals surface area (Å²) in [6, 6.07) is 6.26. The summed E-state index contributed by atoms with van der Waals surface area (Å²) in [5, 5.41) is 3.54. The number of rotatable bonds is 4. The van der Waals surface area contributed by atoms with E-state index in [1.54, 1.807) is 6.07 Å². The number of hydrogen-bond donors (Lipinski definition) is 1. The molecule has 0 spiro atoms. The van der Waals surface area contributed by atoms with Gasteiger partial charge in [-0.25, -0.2) is 4.39 Å². The molecular formula is C17H24ClFN2. The maximum Gasteiger partial charge on any atom is 0.146 e. The molecule has 2 aliphatic rings. The molecule has 1 heterocycles. The van der Waals surface area contributed by atoms with E-state index >= 15 is 0 Å². The summed E-state index contributed by atoms with van der Waals surface area (Å²) in [6.45, 7) is 2.02. The molecule has 2 atom stereocenters. The van der Waals surface area contributed by atoms with Gasteiger partial charge in [-0.15, -0.1) is 0 Å². The average molecular weight is 311 g/mol. The lowest BCUT2D eigenvalue weighted by Gasteiger charge is -2.36. The van der Waals surface area contributed by atoms with Gasteiger partial charge in [-0.1, -0.05) is 30.2 Å². The zero-order valence-electron chi connectivity index (χ0n) is 12.6. The second kappa shape index (κ2) is 6.64. The van der Waals surface area contributed by atoms with Crippen molar-refractivity contribution in [2.45, 2.75) is 44.2 Å². The highest BCUT2D eigenvalue weighted by atomic mass is 35.5. The molecule has 21 heavy (non-hydrogen) atoms. The maximum absolute atomic E-state index is 14.6. The molecular weight excluding hydrogens is 287 g/mol. The van der Waals surface area contributed by atoms with Crippen LogP contribution in [-0.2, 0) is 0 Å². The number of hydrogen-bond acceptors (Lipinski definition) is 2. The first-order chi connectivity index (χ1) is 10.2. The van der Waals surface area contributed by atoms with Crippen LogP contribution in [0.4, 0.5) is 4.39 Å². The van der Waals surface area contributed by atoms with Crippen LogP contribution in [0.1, 0.15) is 43.7 Å². The number of nitrogens with zero attached hydrogens (tertiary/aromatic N) is 1. The van der Waals surface area contributed by atoms with Crippen molar-refractivity contribution in [3.63, 3.8) is 0 Å². The Morgan fingerprint density at radius 3 is 2.81 bits per heavy atom. The van der Waals surface area contributed by atoms with E-state index in [2.05, 4.69) is 10.2 Å². The van der Waals surface area contributed by atoms with Gasteiger partial charge in [0.15, 0.2) is 0 Å². The van der Waals surface area contributed by atoms with Gasteiger partial charge in [0, 0.05) is 17.6 Å². The molecule has 1 aliphatic heterocycles. The Morgan fingerprint density at radius 1 is 1.29 bits per heavy atom. The fourth-order valence-electron chi connectivity index (χ4n) is 3.74. The Balaban J connectivity index is 1.98. The van der Waals surface area contributed by atoms with Crippen molar-refractivity contribution in [2.75, 3.05) is 20.1 Å². The highest BCUT2D eigenvalue weighted by molar-refractivity contribution is 6.30. The fourth-order valence-corrected chi connectivity index (χ4v) is 3.92. The molecule has 2 fully saturated rings. The maximum atomic E-state index is 14.6. The van der Waals surface area contributed by atoms with Gasteiger partial charge in [-0.05, 0) is 57.8 Å². The Hall–Kier alpha value is -0.640. The predicted octanol–water partition coefficient (Wildman–Crippen LogP) is 4.00. The molecule has 1 saturated heterocycles. The van der Waals surface area contributed by atoms with Gasteiger partial charge in [-0.3, -0.25) is 4.90 Å². The van der Waals surface area contributed by atoms with Gasteiger partial charge in [0.1, 0.15) is 5.82 Å². The molecule has 1 aromatic carbocycles. The van der Waals surface area contributed by atoms with Crippen LogP contribution in [0.2, 0.25) is 5.02 Å². The van der Waals surface area contributed by atoms with Crippen molar-refractivity contribution < 1.29 is 4.39 Å². The van der Waals surface area contributed by atoms with Crippen molar-refractivity contribution in [1.82, 2.24) is 10.2 Å². The van der Waals surface area contributed by atoms with E-state index in [1.807, 2.05) is 19.2 Å². The molecule has 1 N–H and O–H groups in total. The van der Waals surface area contributed by atoms with Crippen molar-refractivity contribution >= 4 is 11.6 Å². The second-order valence-corrected chi connectivity index (χ2v) is 6.78. The summed E-state index contributed by atoms with van der Waals surface area (Å²) in [5.74, 6) is 0.226. The number of nitrogens with one attached hydrogen (secondary N) is 1. The average Bonchev–Trinajstić information content (AvgIpc) is 3.29. The lowest BCUT2D eigenvalue weighted by molar-refractivity contribution is 0.142. The molecule has 1 aliphatic carbocycles. The molecule has 0 aromatic heterocycles. The smallest absolute Gasteiger partial charge is 0.146 e. The first-order valence-electron chi connectivity index (χ1n) is 8.06. The lowest BCUT2D eigenvalue weighted by atomic mass is 9.88. The third-order valence-electron chi connectivity index (χ3n) is 4.83. The summed E-state index contributed by atoms with van der Waals surface area (Å²) in [6.07, 6.45) is 6.11. The Morgan fingerprint density at radius 2 is 2.10 bits per heavy atom. The number of likely N-dealkylation sites (tertiary alicyclic amines) is 1. The van der Waals surface area contributed by atoms with Crippen LogP contribution in [0.25, 0.3) is 0 Å². The van der Waals surface area contributed by atoms with E-state index in [9.17, 15) is 4.39 Å². The van der Waals surface area contributed by atoms with Crippen LogP contribution < -0.4 is 5.32 Å². The SMILES string of the molecule is CNCC1CCCCN(C2CC2)C1c1cccc(Cl)c1F. The molecule has 1 aromatic rings. The standard InChI is InChI=1S/C17H24ClFN2/c1-20-11-12-5-2-3-10-21(13-8-9-13)17(12)14-6-4-7-15(18)16(14)19/h4,6-7,12-13,17,20H,2-3,5,8-11H2,1H3. The summed E-state index contributed by atoms with van der Waals surface area (Å²) in [4.78, 5) is 2.55. The zero-order chi connectivity index (χ0) is 14.8. The minimum Gasteiger partial charge on any atom is -0.319 e. The minimum absolute atomic E-state index is 0.158. The second-order valence-electron chi connectivity index (χ2n) is 6.37. The highest BCUT2D eigenvalue weighted by Gasteiger charge is 2.40. The molecule has 3 rings (SSSR count). The predicted molar refractivity (Wildman–Crippen MR) is 85.1 cm³/mol. The summed E-state index contributed by atoms with van der Waals surface area (Å²) in [7, 11) is 1.98. The first-order valence-corrected chi connectivity index (χ1v) is 8.44. The van der Waals surface area contributed by atoms with E-state index in [0.717, 1.165) is 25.1 Å². The van der Waals surface area contributed by atoms with Gasteiger partial charge >= 0.3 is 0 Å². The third kappa shape index (κ3) is 3.25. The van der Waals surface area contributed by atoms with Crippen LogP contribution >= 0.6 is 11.6 Å². The molecule has 2 nitrogen and oxygen atoms in total. The topological polar surface area (TPSA) is 15.3 Å². The van der Waals surface area contributed by atoms with Gasteiger partial charge in [-0.2, -0.15) is 0 Å². The zero-order valence-corrected chi connectivity index (χ0v) is 13.4. The van der Waals surface area contributed by atoms with E-state index in [0.29, 0.717) is 12.0 Å². The molecule has 0 amide bonds. The van der Waals surface area contributed by atoms with Gasteiger partial charge in [0.25, 0.3) is 0 Å². The van der Waals surface area contributed by atoms with Crippen LogP contribution in [0.5, 0.6) is 0 Å². The lowest BCUT2D eigenvalue weighted by Crippen LogP contribution is -2.38. The van der Waals surface area contributed by atoms with E-state index in [1.165, 1.54) is 25.7 Å². The Bertz CT molecular complexity index is 490. The monoisotopic (exact) mass is 310 g/mol. The van der Waals surface area contributed by atoms with Crippen molar-refractivity contribution in [2.24, 2.45) is 5.92 Å². The molecule has 4 heteroatoms.